The van der Waals surface area contributed by atoms with Gasteiger partial charge in [-0.15, -0.1) is 0 Å². The Morgan fingerprint density at radius 2 is 2.12 bits per heavy atom. The number of nitrogens with one attached hydrogen (secondary N) is 1. The molecule has 1 saturated heterocycles. The van der Waals surface area contributed by atoms with E-state index in [-0.39, 0.29) is 11.2 Å². The second-order valence-electron chi connectivity index (χ2n) is 5.90. The summed E-state index contributed by atoms with van der Waals surface area (Å²) in [6.07, 6.45) is 3.43. The Labute approximate surface area is 96.8 Å². The highest BCUT2D eigenvalue weighted by Gasteiger charge is 2.59. The van der Waals surface area contributed by atoms with Crippen molar-refractivity contribution in [3.63, 3.8) is 0 Å². The predicted molar refractivity (Wildman–Crippen MR) is 65.3 cm³/mol. The van der Waals surface area contributed by atoms with Gasteiger partial charge in [0.05, 0.1) is 5.54 Å². The van der Waals surface area contributed by atoms with Gasteiger partial charge in [0.15, 0.2) is 0 Å². The molecule has 3 atom stereocenters. The molecule has 16 heavy (non-hydrogen) atoms. The van der Waals surface area contributed by atoms with Crippen LogP contribution in [-0.2, 0) is 0 Å². The summed E-state index contributed by atoms with van der Waals surface area (Å²) in [5.74, 6) is 0.551. The van der Waals surface area contributed by atoms with E-state index in [0.717, 1.165) is 12.8 Å². The molecule has 0 saturated carbocycles. The third-order valence-electron chi connectivity index (χ3n) is 4.54. The lowest BCUT2D eigenvalue weighted by atomic mass is 9.79. The van der Waals surface area contributed by atoms with E-state index >= 15 is 0 Å². The Bertz CT molecular complexity index is 400. The number of hydrogen-bond acceptors (Lipinski definition) is 4. The van der Waals surface area contributed by atoms with Crippen LogP contribution in [0, 0.1) is 5.92 Å². The molecular weight excluding hydrogens is 200 g/mol. The molecule has 4 nitrogen and oxygen atoms in total. The van der Waals surface area contributed by atoms with Crippen molar-refractivity contribution in [3.8, 4) is 0 Å². The first kappa shape index (κ1) is 10.1. The largest absolute Gasteiger partial charge is 0.284 e. The van der Waals surface area contributed by atoms with Crippen LogP contribution in [0.15, 0.2) is 10.2 Å². The lowest BCUT2D eigenvalue weighted by molar-refractivity contribution is 0.0263. The van der Waals surface area contributed by atoms with Gasteiger partial charge in [-0.1, -0.05) is 0 Å². The highest BCUT2D eigenvalue weighted by Crippen LogP contribution is 2.50. The van der Waals surface area contributed by atoms with Crippen LogP contribution in [0.1, 0.15) is 47.0 Å². The van der Waals surface area contributed by atoms with E-state index in [4.69, 9.17) is 5.10 Å². The lowest BCUT2D eigenvalue weighted by Gasteiger charge is -2.44. The van der Waals surface area contributed by atoms with Crippen molar-refractivity contribution < 1.29 is 0 Å². The summed E-state index contributed by atoms with van der Waals surface area (Å²) in [6, 6.07) is 0. The molecule has 0 aliphatic carbocycles. The van der Waals surface area contributed by atoms with Crippen LogP contribution >= 0.6 is 0 Å². The molecule has 0 spiro atoms. The van der Waals surface area contributed by atoms with Crippen molar-refractivity contribution in [2.45, 2.75) is 58.2 Å². The van der Waals surface area contributed by atoms with Gasteiger partial charge >= 0.3 is 0 Å². The first-order chi connectivity index (χ1) is 7.46. The Morgan fingerprint density at radius 3 is 2.88 bits per heavy atom. The molecule has 3 rings (SSSR count). The number of hydrogen-bond donors (Lipinski definition) is 1. The third kappa shape index (κ3) is 1.05. The van der Waals surface area contributed by atoms with E-state index in [2.05, 4.69) is 43.2 Å². The number of hydrazone groups is 2. The Hall–Kier alpha value is -1.06. The summed E-state index contributed by atoms with van der Waals surface area (Å²) >= 11 is 0. The first-order valence-electron chi connectivity index (χ1n) is 6.11. The van der Waals surface area contributed by atoms with Crippen molar-refractivity contribution in [1.82, 2.24) is 10.4 Å². The van der Waals surface area contributed by atoms with Crippen molar-refractivity contribution in [2.75, 3.05) is 0 Å². The molecular formula is C12H20N4. The zero-order valence-corrected chi connectivity index (χ0v) is 10.5. The zero-order chi connectivity index (χ0) is 11.6. The second kappa shape index (κ2) is 2.79. The maximum atomic E-state index is 4.78. The molecule has 0 radical (unpaired) electrons. The monoisotopic (exact) mass is 220 g/mol. The topological polar surface area (TPSA) is 40.0 Å². The molecule has 88 valence electrons. The molecule has 0 amide bonds. The molecule has 3 heterocycles. The lowest BCUT2D eigenvalue weighted by Crippen LogP contribution is -2.55. The van der Waals surface area contributed by atoms with Gasteiger partial charge in [0.1, 0.15) is 5.66 Å². The summed E-state index contributed by atoms with van der Waals surface area (Å²) < 4.78 is 0. The molecule has 0 aromatic carbocycles. The van der Waals surface area contributed by atoms with Crippen LogP contribution in [0.5, 0.6) is 0 Å². The van der Waals surface area contributed by atoms with Gasteiger partial charge in [-0.25, -0.2) is 0 Å². The minimum Gasteiger partial charge on any atom is -0.284 e. The van der Waals surface area contributed by atoms with Gasteiger partial charge in [-0.05, 0) is 40.5 Å². The molecule has 0 aromatic heterocycles. The van der Waals surface area contributed by atoms with E-state index in [1.807, 2.05) is 0 Å². The summed E-state index contributed by atoms with van der Waals surface area (Å²) in [6.45, 7) is 8.81. The van der Waals surface area contributed by atoms with Crippen LogP contribution in [-0.4, -0.2) is 27.6 Å². The number of rotatable bonds is 0. The van der Waals surface area contributed by atoms with Gasteiger partial charge in [0.2, 0.25) is 0 Å². The minimum atomic E-state index is -0.0827. The first-order valence-corrected chi connectivity index (χ1v) is 6.11. The van der Waals surface area contributed by atoms with Crippen LogP contribution in [0.2, 0.25) is 0 Å². The molecule has 3 aliphatic heterocycles. The normalized spacial score (nSPS) is 45.8. The molecule has 2 bridgehead atoms. The molecule has 3 unspecified atom stereocenters. The fourth-order valence-corrected chi connectivity index (χ4v) is 3.55. The van der Waals surface area contributed by atoms with Crippen LogP contribution in [0.4, 0.5) is 0 Å². The van der Waals surface area contributed by atoms with Gasteiger partial charge in [0.25, 0.3) is 0 Å². The zero-order valence-electron chi connectivity index (χ0n) is 10.5. The van der Waals surface area contributed by atoms with E-state index in [1.165, 1.54) is 17.8 Å². The maximum absolute atomic E-state index is 4.78. The highest BCUT2D eigenvalue weighted by molar-refractivity contribution is 5.88. The van der Waals surface area contributed by atoms with Crippen LogP contribution < -0.4 is 5.43 Å². The smallest absolute Gasteiger partial charge is 0.140 e. The molecule has 3 aliphatic rings. The Morgan fingerprint density at radius 1 is 1.38 bits per heavy atom. The number of nitrogens with zero attached hydrogens (tertiary/aromatic N) is 3. The van der Waals surface area contributed by atoms with Gasteiger partial charge in [0, 0.05) is 23.8 Å². The average molecular weight is 220 g/mol. The van der Waals surface area contributed by atoms with E-state index in [0.29, 0.717) is 5.92 Å². The Kier molecular flexibility index (Phi) is 1.76. The van der Waals surface area contributed by atoms with Gasteiger partial charge < -0.3 is 0 Å². The quantitative estimate of drug-likeness (QED) is 0.677. The fraction of sp³-hybridized carbons (Fsp3) is 0.833. The number of fused-ring (bicyclic) bond motifs is 5. The standard InChI is InChI=1S/C12H20N4/c1-8-5-6-11(3)10-7-12(4,16(11)14-8)15-13-9(10)2/h10,15H,5-7H2,1-4H3. The molecule has 0 aromatic rings. The fourth-order valence-electron chi connectivity index (χ4n) is 3.55. The summed E-state index contributed by atoms with van der Waals surface area (Å²) in [4.78, 5) is 0. The van der Waals surface area contributed by atoms with Crippen molar-refractivity contribution in [2.24, 2.45) is 16.1 Å². The average Bonchev–Trinajstić information content (AvgIpc) is 2.43. The Balaban J connectivity index is 2.11. The van der Waals surface area contributed by atoms with Gasteiger partial charge in [-0.2, -0.15) is 10.2 Å². The molecule has 1 fully saturated rings. The minimum absolute atomic E-state index is 0.0827. The molecule has 4 heteroatoms. The second-order valence-corrected chi connectivity index (χ2v) is 5.90. The van der Waals surface area contributed by atoms with Crippen molar-refractivity contribution in [1.29, 1.82) is 0 Å². The highest BCUT2D eigenvalue weighted by atomic mass is 15.6. The summed E-state index contributed by atoms with van der Waals surface area (Å²) in [5.41, 5.74) is 5.84. The third-order valence-corrected chi connectivity index (χ3v) is 4.54. The van der Waals surface area contributed by atoms with Crippen molar-refractivity contribution in [3.05, 3.63) is 0 Å². The summed E-state index contributed by atoms with van der Waals surface area (Å²) in [5, 5.41) is 11.5. The maximum Gasteiger partial charge on any atom is 0.140 e. The van der Waals surface area contributed by atoms with Crippen molar-refractivity contribution >= 4 is 11.4 Å². The van der Waals surface area contributed by atoms with Crippen LogP contribution in [0.25, 0.3) is 0 Å². The molecule has 1 N–H and O–H groups in total. The van der Waals surface area contributed by atoms with E-state index in [1.54, 1.807) is 0 Å². The van der Waals surface area contributed by atoms with Crippen LogP contribution in [0.3, 0.4) is 0 Å². The SMILES string of the molecule is CC1=NN2C3(C)CC(C(C)=NN3)C2(C)CC1. The summed E-state index contributed by atoms with van der Waals surface area (Å²) in [7, 11) is 0. The van der Waals surface area contributed by atoms with E-state index in [9.17, 15) is 0 Å². The van der Waals surface area contributed by atoms with Gasteiger partial charge in [-0.3, -0.25) is 10.4 Å². The van der Waals surface area contributed by atoms with E-state index < -0.39 is 0 Å². The predicted octanol–water partition coefficient (Wildman–Crippen LogP) is 1.93.